The Labute approximate surface area is 106 Å². The van der Waals surface area contributed by atoms with E-state index in [1.807, 2.05) is 0 Å². The maximum atomic E-state index is 11.6. The monoisotopic (exact) mass is 259 g/mol. The summed E-state index contributed by atoms with van der Waals surface area (Å²) in [6, 6.07) is 1.55. The predicted octanol–water partition coefficient (Wildman–Crippen LogP) is 2.73. The molecule has 17 heavy (non-hydrogen) atoms. The molecule has 0 unspecified atom stereocenters. The lowest BCUT2D eigenvalue weighted by molar-refractivity contribution is 0.0924. The molecule has 0 bridgehead atoms. The Morgan fingerprint density at radius 3 is 2.94 bits per heavy atom. The predicted molar refractivity (Wildman–Crippen MR) is 66.3 cm³/mol. The van der Waals surface area contributed by atoms with Gasteiger partial charge in [-0.3, -0.25) is 4.79 Å². The van der Waals surface area contributed by atoms with Crippen molar-refractivity contribution in [3.63, 3.8) is 0 Å². The minimum atomic E-state index is -0.215. The molecule has 1 rings (SSSR count). The van der Waals surface area contributed by atoms with Crippen LogP contribution in [-0.4, -0.2) is 25.7 Å². The summed E-state index contributed by atoms with van der Waals surface area (Å²) >= 11 is 5.68. The van der Waals surface area contributed by atoms with E-state index >= 15 is 0 Å². The number of amides is 1. The van der Waals surface area contributed by atoms with Gasteiger partial charge in [0.05, 0.1) is 11.8 Å². The van der Waals surface area contributed by atoms with E-state index in [9.17, 15) is 4.79 Å². The fourth-order valence-electron chi connectivity index (χ4n) is 1.25. The van der Waals surface area contributed by atoms with Crippen LogP contribution in [0.5, 0.6) is 0 Å². The first-order valence-corrected chi connectivity index (χ1v) is 6.08. The van der Waals surface area contributed by atoms with Crippen LogP contribution < -0.4 is 5.32 Å². The second-order valence-corrected chi connectivity index (χ2v) is 4.53. The summed E-state index contributed by atoms with van der Waals surface area (Å²) in [4.78, 5) is 11.6. The van der Waals surface area contributed by atoms with Crippen LogP contribution >= 0.6 is 11.6 Å². The lowest BCUT2D eigenvalue weighted by Gasteiger charge is -2.07. The van der Waals surface area contributed by atoms with Crippen LogP contribution in [0.1, 0.15) is 30.6 Å². The number of nitrogens with one attached hydrogen (secondary N) is 1. The van der Waals surface area contributed by atoms with Crippen LogP contribution in [0.4, 0.5) is 0 Å². The van der Waals surface area contributed by atoms with Crippen LogP contribution in [0.25, 0.3) is 0 Å². The van der Waals surface area contributed by atoms with Crippen molar-refractivity contribution in [1.82, 2.24) is 5.32 Å². The molecule has 1 N–H and O–H groups in total. The molecule has 0 saturated carbocycles. The van der Waals surface area contributed by atoms with Crippen molar-refractivity contribution in [2.75, 3.05) is 19.8 Å². The van der Waals surface area contributed by atoms with Gasteiger partial charge >= 0.3 is 0 Å². The normalized spacial score (nSPS) is 10.8. The van der Waals surface area contributed by atoms with E-state index in [-0.39, 0.29) is 11.1 Å². The zero-order valence-electron chi connectivity index (χ0n) is 10.2. The lowest BCUT2D eigenvalue weighted by Crippen LogP contribution is -2.25. The molecule has 0 fully saturated rings. The van der Waals surface area contributed by atoms with E-state index in [2.05, 4.69) is 19.2 Å². The summed E-state index contributed by atoms with van der Waals surface area (Å²) in [6.07, 6.45) is 2.18. The number of halogens is 1. The average molecular weight is 260 g/mol. The Balaban J connectivity index is 2.11. The Morgan fingerprint density at radius 2 is 2.35 bits per heavy atom. The quantitative estimate of drug-likeness (QED) is 0.766. The highest BCUT2D eigenvalue weighted by atomic mass is 35.5. The highest BCUT2D eigenvalue weighted by Gasteiger charge is 2.11. The first kappa shape index (κ1) is 14.1. The number of hydrogen-bond donors (Lipinski definition) is 1. The third-order valence-electron chi connectivity index (χ3n) is 2.06. The van der Waals surface area contributed by atoms with E-state index in [0.29, 0.717) is 24.6 Å². The average Bonchev–Trinajstić information content (AvgIpc) is 2.69. The molecule has 1 aromatic rings. The Kier molecular flexibility index (Phi) is 6.08. The molecule has 0 aliphatic rings. The van der Waals surface area contributed by atoms with E-state index in [0.717, 1.165) is 13.0 Å². The molecule has 96 valence electrons. The summed E-state index contributed by atoms with van der Waals surface area (Å²) in [5.41, 5.74) is 0.370. The second kappa shape index (κ2) is 7.35. The van der Waals surface area contributed by atoms with Crippen molar-refractivity contribution in [1.29, 1.82) is 0 Å². The van der Waals surface area contributed by atoms with Gasteiger partial charge in [0.1, 0.15) is 0 Å². The minimum absolute atomic E-state index is 0.124. The molecule has 0 saturated heterocycles. The smallest absolute Gasteiger partial charge is 0.256 e. The molecule has 1 heterocycles. The van der Waals surface area contributed by atoms with Crippen molar-refractivity contribution in [2.45, 2.75) is 20.3 Å². The zero-order chi connectivity index (χ0) is 12.7. The fraction of sp³-hybridized carbons (Fsp3) is 0.583. The summed E-state index contributed by atoms with van der Waals surface area (Å²) in [6.45, 7) is 6.17. The summed E-state index contributed by atoms with van der Waals surface area (Å²) in [7, 11) is 0. The second-order valence-electron chi connectivity index (χ2n) is 4.19. The highest BCUT2D eigenvalue weighted by molar-refractivity contribution is 6.32. The lowest BCUT2D eigenvalue weighted by atomic mass is 10.2. The van der Waals surface area contributed by atoms with Gasteiger partial charge in [-0.15, -0.1) is 0 Å². The minimum Gasteiger partial charge on any atom is -0.452 e. The number of hydrogen-bond acceptors (Lipinski definition) is 3. The fourth-order valence-corrected chi connectivity index (χ4v) is 1.45. The topological polar surface area (TPSA) is 51.5 Å². The summed E-state index contributed by atoms with van der Waals surface area (Å²) < 4.78 is 10.2. The van der Waals surface area contributed by atoms with E-state index in [4.69, 9.17) is 20.8 Å². The van der Waals surface area contributed by atoms with Crippen LogP contribution in [0, 0.1) is 5.92 Å². The van der Waals surface area contributed by atoms with Crippen LogP contribution in [0.2, 0.25) is 5.22 Å². The highest BCUT2D eigenvalue weighted by Crippen LogP contribution is 2.15. The molecule has 0 atom stereocenters. The first-order chi connectivity index (χ1) is 8.11. The maximum absolute atomic E-state index is 11.6. The van der Waals surface area contributed by atoms with Crippen LogP contribution in [0.3, 0.4) is 0 Å². The molecule has 0 aliphatic heterocycles. The van der Waals surface area contributed by atoms with Crippen molar-refractivity contribution in [3.8, 4) is 0 Å². The van der Waals surface area contributed by atoms with Gasteiger partial charge < -0.3 is 14.5 Å². The number of rotatable bonds is 7. The third kappa shape index (κ3) is 5.24. The molecule has 0 aromatic carbocycles. The molecule has 5 heteroatoms. The summed E-state index contributed by atoms with van der Waals surface area (Å²) in [5, 5.41) is 2.87. The molecule has 1 amide bonds. The van der Waals surface area contributed by atoms with E-state index in [1.54, 1.807) is 6.07 Å². The number of furan rings is 1. The molecule has 4 nitrogen and oxygen atoms in total. The van der Waals surface area contributed by atoms with Gasteiger partial charge in [-0.2, -0.15) is 0 Å². The molecule has 0 radical (unpaired) electrons. The van der Waals surface area contributed by atoms with Gasteiger partial charge in [-0.05, 0) is 30.0 Å². The molecule has 1 aromatic heterocycles. The van der Waals surface area contributed by atoms with E-state index < -0.39 is 0 Å². The molecule has 0 spiro atoms. The SMILES string of the molecule is CC(C)COCCCNC(=O)c1ccoc1Cl. The third-order valence-corrected chi connectivity index (χ3v) is 2.36. The van der Waals surface area contributed by atoms with Crippen molar-refractivity contribution >= 4 is 17.5 Å². The molecular weight excluding hydrogens is 242 g/mol. The first-order valence-electron chi connectivity index (χ1n) is 5.70. The maximum Gasteiger partial charge on any atom is 0.256 e. The van der Waals surface area contributed by atoms with Crippen LogP contribution in [0.15, 0.2) is 16.7 Å². The van der Waals surface area contributed by atoms with Crippen LogP contribution in [-0.2, 0) is 4.74 Å². The largest absolute Gasteiger partial charge is 0.452 e. The van der Waals surface area contributed by atoms with Crippen molar-refractivity contribution in [3.05, 3.63) is 23.1 Å². The van der Waals surface area contributed by atoms with E-state index in [1.165, 1.54) is 6.26 Å². The number of carbonyl (C=O) groups excluding carboxylic acids is 1. The Bertz CT molecular complexity index is 349. The van der Waals surface area contributed by atoms with Gasteiger partial charge in [0, 0.05) is 19.8 Å². The Hall–Kier alpha value is -1.00. The molecular formula is C12H18ClNO3. The van der Waals surface area contributed by atoms with Gasteiger partial charge in [0.25, 0.3) is 5.91 Å². The standard InChI is InChI=1S/C12H18ClNO3/c1-9(2)8-16-6-3-5-14-12(15)10-4-7-17-11(10)13/h4,7,9H,3,5-6,8H2,1-2H3,(H,14,15). The van der Waals surface area contributed by atoms with Crippen molar-refractivity contribution < 1.29 is 13.9 Å². The Morgan fingerprint density at radius 1 is 1.59 bits per heavy atom. The molecule has 0 aliphatic carbocycles. The number of ether oxygens (including phenoxy) is 1. The van der Waals surface area contributed by atoms with Crippen molar-refractivity contribution in [2.24, 2.45) is 5.92 Å². The van der Waals surface area contributed by atoms with Gasteiger partial charge in [0.15, 0.2) is 0 Å². The van der Waals surface area contributed by atoms with Gasteiger partial charge in [-0.25, -0.2) is 0 Å². The summed E-state index contributed by atoms with van der Waals surface area (Å²) in [5.74, 6) is 0.321. The zero-order valence-corrected chi connectivity index (χ0v) is 10.9. The number of carbonyl (C=O) groups is 1. The van der Waals surface area contributed by atoms with Gasteiger partial charge in [0.2, 0.25) is 5.22 Å². The van der Waals surface area contributed by atoms with Gasteiger partial charge in [-0.1, -0.05) is 13.8 Å².